The van der Waals surface area contributed by atoms with Gasteiger partial charge in [0.15, 0.2) is 4.34 Å². The van der Waals surface area contributed by atoms with Crippen molar-refractivity contribution in [2.45, 2.75) is 10.8 Å². The van der Waals surface area contributed by atoms with E-state index in [0.29, 0.717) is 16.0 Å². The van der Waals surface area contributed by atoms with Crippen LogP contribution in [0.2, 0.25) is 0 Å². The molecule has 0 aliphatic heterocycles. The number of nitrogens with zero attached hydrogens (tertiary/aromatic N) is 2. The second-order valence-corrected chi connectivity index (χ2v) is 6.55. The number of hydrogen-bond donors (Lipinski definition) is 2. The fourth-order valence-corrected chi connectivity index (χ4v) is 3.18. The zero-order valence-electron chi connectivity index (χ0n) is 12.4. The molecule has 0 saturated carbocycles. The van der Waals surface area contributed by atoms with Crippen LogP contribution in [0.1, 0.15) is 5.56 Å². The van der Waals surface area contributed by atoms with E-state index in [2.05, 4.69) is 25.6 Å². The van der Waals surface area contributed by atoms with Gasteiger partial charge in [-0.2, -0.15) is 0 Å². The number of rotatable bonds is 7. The van der Waals surface area contributed by atoms with Crippen molar-refractivity contribution in [3.05, 3.63) is 35.9 Å². The van der Waals surface area contributed by atoms with Crippen LogP contribution in [0, 0.1) is 0 Å². The summed E-state index contributed by atoms with van der Waals surface area (Å²) in [6.07, 6.45) is 0.755. The number of esters is 1. The zero-order chi connectivity index (χ0) is 16.5. The van der Waals surface area contributed by atoms with Gasteiger partial charge in [0.2, 0.25) is 5.13 Å². The molecule has 0 fully saturated rings. The predicted octanol–water partition coefficient (Wildman–Crippen LogP) is 2.17. The van der Waals surface area contributed by atoms with E-state index in [1.807, 2.05) is 30.3 Å². The molecule has 0 spiro atoms. The largest absolute Gasteiger partial charge is 0.468 e. The number of ether oxygens (including phenoxy) is 1. The number of anilines is 1. The summed E-state index contributed by atoms with van der Waals surface area (Å²) in [5.41, 5.74) is 1.16. The average Bonchev–Trinajstić information content (AvgIpc) is 3.01. The van der Waals surface area contributed by atoms with Gasteiger partial charge >= 0.3 is 12.0 Å². The number of benzene rings is 1. The van der Waals surface area contributed by atoms with E-state index in [9.17, 15) is 9.59 Å². The number of nitrogens with one attached hydrogen (secondary N) is 2. The van der Waals surface area contributed by atoms with Crippen molar-refractivity contribution in [2.75, 3.05) is 24.7 Å². The third-order valence-corrected chi connectivity index (χ3v) is 4.66. The first-order valence-electron chi connectivity index (χ1n) is 6.79. The number of thioether (sulfide) groups is 1. The Morgan fingerprint density at radius 3 is 2.78 bits per heavy atom. The minimum Gasteiger partial charge on any atom is -0.468 e. The van der Waals surface area contributed by atoms with Crippen molar-refractivity contribution in [1.82, 2.24) is 15.5 Å². The summed E-state index contributed by atoms with van der Waals surface area (Å²) < 4.78 is 5.13. The summed E-state index contributed by atoms with van der Waals surface area (Å²) in [6, 6.07) is 9.56. The normalized spacial score (nSPS) is 10.1. The Bertz CT molecular complexity index is 648. The van der Waals surface area contributed by atoms with Gasteiger partial charge in [0, 0.05) is 6.54 Å². The molecule has 0 unspecified atom stereocenters. The fraction of sp³-hybridized carbons (Fsp3) is 0.286. The Morgan fingerprint density at radius 1 is 1.26 bits per heavy atom. The lowest BCUT2D eigenvalue weighted by Gasteiger charge is -2.04. The summed E-state index contributed by atoms with van der Waals surface area (Å²) in [5, 5.41) is 13.5. The van der Waals surface area contributed by atoms with Crippen molar-refractivity contribution in [3.8, 4) is 0 Å². The van der Waals surface area contributed by atoms with Crippen molar-refractivity contribution in [3.63, 3.8) is 0 Å². The highest BCUT2D eigenvalue weighted by Gasteiger charge is 2.10. The number of methoxy groups -OCH3 is 1. The number of urea groups is 1. The second-order valence-electron chi connectivity index (χ2n) is 4.35. The molecule has 23 heavy (non-hydrogen) atoms. The molecule has 1 aromatic heterocycles. The standard InChI is InChI=1S/C14H16N4O3S2/c1-21-11(19)9-22-14-18-17-13(23-14)16-12(20)15-8-7-10-5-3-2-4-6-10/h2-6H,7-9H2,1H3,(H2,15,16,17,20). The minimum absolute atomic E-state index is 0.161. The Morgan fingerprint density at radius 2 is 2.04 bits per heavy atom. The summed E-state index contributed by atoms with van der Waals surface area (Å²) in [4.78, 5) is 22.8. The van der Waals surface area contributed by atoms with Crippen LogP contribution in [0.25, 0.3) is 0 Å². The average molecular weight is 352 g/mol. The quantitative estimate of drug-likeness (QED) is 0.451. The smallest absolute Gasteiger partial charge is 0.321 e. The van der Waals surface area contributed by atoms with Crippen LogP contribution in [0.4, 0.5) is 9.93 Å². The van der Waals surface area contributed by atoms with E-state index >= 15 is 0 Å². The van der Waals surface area contributed by atoms with E-state index in [-0.39, 0.29) is 17.8 Å². The summed E-state index contributed by atoms with van der Waals surface area (Å²) in [6.45, 7) is 0.526. The molecule has 2 rings (SSSR count). The lowest BCUT2D eigenvalue weighted by atomic mass is 10.1. The van der Waals surface area contributed by atoms with Crippen LogP contribution >= 0.6 is 23.1 Å². The molecule has 2 N–H and O–H groups in total. The Kier molecular flexibility index (Phi) is 6.82. The Labute approximate surface area is 141 Å². The van der Waals surface area contributed by atoms with Gasteiger partial charge in [-0.05, 0) is 12.0 Å². The van der Waals surface area contributed by atoms with Crippen molar-refractivity contribution in [1.29, 1.82) is 0 Å². The maximum Gasteiger partial charge on any atom is 0.321 e. The molecular formula is C14H16N4O3S2. The van der Waals surface area contributed by atoms with E-state index in [1.54, 1.807) is 0 Å². The molecule has 0 saturated heterocycles. The van der Waals surface area contributed by atoms with Crippen LogP contribution in [0.15, 0.2) is 34.7 Å². The van der Waals surface area contributed by atoms with Gasteiger partial charge in [-0.3, -0.25) is 10.1 Å². The van der Waals surface area contributed by atoms with Gasteiger partial charge in [-0.15, -0.1) is 10.2 Å². The Hall–Kier alpha value is -2.13. The molecular weight excluding hydrogens is 336 g/mol. The van der Waals surface area contributed by atoms with Crippen molar-refractivity contribution in [2.24, 2.45) is 0 Å². The topological polar surface area (TPSA) is 93.2 Å². The van der Waals surface area contributed by atoms with Crippen molar-refractivity contribution < 1.29 is 14.3 Å². The molecule has 7 nitrogen and oxygen atoms in total. The van der Waals surface area contributed by atoms with Gasteiger partial charge in [0.1, 0.15) is 0 Å². The van der Waals surface area contributed by atoms with Gasteiger partial charge in [0.05, 0.1) is 12.9 Å². The Balaban J connectivity index is 1.71. The monoisotopic (exact) mass is 352 g/mol. The highest BCUT2D eigenvalue weighted by Crippen LogP contribution is 2.25. The lowest BCUT2D eigenvalue weighted by Crippen LogP contribution is -2.30. The predicted molar refractivity (Wildman–Crippen MR) is 89.8 cm³/mol. The first-order valence-corrected chi connectivity index (χ1v) is 8.59. The molecule has 0 aliphatic carbocycles. The third kappa shape index (κ3) is 6.25. The highest BCUT2D eigenvalue weighted by molar-refractivity contribution is 8.01. The molecule has 9 heteroatoms. The first kappa shape index (κ1) is 17.2. The van der Waals surface area contributed by atoms with Gasteiger partial charge < -0.3 is 10.1 Å². The summed E-state index contributed by atoms with van der Waals surface area (Å²) in [5.74, 6) is -0.174. The molecule has 1 aromatic carbocycles. The van der Waals surface area contributed by atoms with Gasteiger partial charge in [0.25, 0.3) is 0 Å². The third-order valence-electron chi connectivity index (χ3n) is 2.71. The number of amides is 2. The van der Waals surface area contributed by atoms with Gasteiger partial charge in [-0.25, -0.2) is 4.79 Å². The maximum atomic E-state index is 11.8. The number of carbonyl (C=O) groups excluding carboxylic acids is 2. The fourth-order valence-electron chi connectivity index (χ4n) is 1.60. The lowest BCUT2D eigenvalue weighted by molar-refractivity contribution is -0.137. The van der Waals surface area contributed by atoms with Crippen LogP contribution < -0.4 is 10.6 Å². The van der Waals surface area contributed by atoms with Crippen LogP contribution in [0.5, 0.6) is 0 Å². The molecule has 2 amide bonds. The number of carbonyl (C=O) groups is 2. The molecule has 0 aliphatic rings. The molecule has 0 bridgehead atoms. The van der Waals surface area contributed by atoms with E-state index in [4.69, 9.17) is 0 Å². The summed E-state index contributed by atoms with van der Waals surface area (Å²) in [7, 11) is 1.33. The first-order chi connectivity index (χ1) is 11.2. The van der Waals surface area contributed by atoms with E-state index in [0.717, 1.165) is 12.0 Å². The van der Waals surface area contributed by atoms with E-state index < -0.39 is 0 Å². The van der Waals surface area contributed by atoms with Crippen molar-refractivity contribution >= 4 is 40.2 Å². The highest BCUT2D eigenvalue weighted by atomic mass is 32.2. The van der Waals surface area contributed by atoms with Gasteiger partial charge in [-0.1, -0.05) is 53.4 Å². The minimum atomic E-state index is -0.335. The molecule has 0 radical (unpaired) electrons. The molecule has 2 aromatic rings. The number of hydrogen-bond acceptors (Lipinski definition) is 7. The van der Waals surface area contributed by atoms with Crippen LogP contribution in [0.3, 0.4) is 0 Å². The molecule has 122 valence electrons. The second kappa shape index (κ2) is 9.11. The zero-order valence-corrected chi connectivity index (χ0v) is 14.1. The maximum absolute atomic E-state index is 11.8. The van der Waals surface area contributed by atoms with Crippen LogP contribution in [-0.2, 0) is 16.0 Å². The number of aromatic nitrogens is 2. The molecule has 0 atom stereocenters. The molecule has 1 heterocycles. The van der Waals surface area contributed by atoms with Crippen LogP contribution in [-0.4, -0.2) is 41.6 Å². The summed E-state index contributed by atoms with van der Waals surface area (Å²) >= 11 is 2.42. The van der Waals surface area contributed by atoms with E-state index in [1.165, 1.54) is 30.2 Å². The SMILES string of the molecule is COC(=O)CSc1nnc(NC(=O)NCCc2ccccc2)s1.